The predicted octanol–water partition coefficient (Wildman–Crippen LogP) is 0.473. The number of aromatic hydroxyl groups is 1. The van der Waals surface area contributed by atoms with Crippen molar-refractivity contribution >= 4 is 23.4 Å². The number of nitrogens with zero attached hydrogens (tertiary/aromatic N) is 1. The van der Waals surface area contributed by atoms with E-state index in [9.17, 15) is 10.2 Å². The van der Waals surface area contributed by atoms with Crippen LogP contribution in [0.25, 0.3) is 0 Å². The van der Waals surface area contributed by atoms with E-state index in [0.29, 0.717) is 5.56 Å². The number of hydrogen-bond acceptors (Lipinski definition) is 6. The first-order valence-corrected chi connectivity index (χ1v) is 11.6. The highest BCUT2D eigenvalue weighted by Crippen LogP contribution is 2.62. The Balaban J connectivity index is 0.000000567. The Hall–Kier alpha value is -2.16. The Morgan fingerprint density at radius 2 is 2.00 bits per heavy atom. The van der Waals surface area contributed by atoms with E-state index in [1.165, 1.54) is 18.4 Å². The molecular formula is C24H31N2O5S-. The SMILES string of the molecule is C=C1CC[C@@]2(O)[C@H]3Cc4ccc(C(N)=S)c(O)c4[C@@]2(CC[N+]3(C)CC2CC2)C1.O=C([O-])[O-]. The van der Waals surface area contributed by atoms with Gasteiger partial charge in [-0.1, -0.05) is 30.4 Å². The molecule has 1 aromatic carbocycles. The van der Waals surface area contributed by atoms with Gasteiger partial charge in [0.25, 0.3) is 0 Å². The van der Waals surface area contributed by atoms with Crippen LogP contribution in [0.1, 0.15) is 55.2 Å². The van der Waals surface area contributed by atoms with Crippen molar-refractivity contribution in [3.63, 3.8) is 0 Å². The third kappa shape index (κ3) is 3.49. The number of nitrogens with two attached hydrogens (primary N) is 1. The van der Waals surface area contributed by atoms with Crippen LogP contribution in [0.4, 0.5) is 4.79 Å². The summed E-state index contributed by atoms with van der Waals surface area (Å²) in [5, 5.41) is 40.2. The maximum atomic E-state index is 12.3. The van der Waals surface area contributed by atoms with Gasteiger partial charge in [0.15, 0.2) is 0 Å². The van der Waals surface area contributed by atoms with Crippen molar-refractivity contribution in [3.05, 3.63) is 41.0 Å². The Labute approximate surface area is 193 Å². The van der Waals surface area contributed by atoms with E-state index in [1.807, 2.05) is 6.07 Å². The zero-order valence-corrected chi connectivity index (χ0v) is 19.2. The normalized spacial score (nSPS) is 35.1. The molecule has 3 fully saturated rings. The van der Waals surface area contributed by atoms with Crippen LogP contribution < -0.4 is 15.9 Å². The number of allylic oxidation sites excluding steroid dienone is 1. The molecule has 5 rings (SSSR count). The lowest BCUT2D eigenvalue weighted by Crippen LogP contribution is -2.78. The molecule has 32 heavy (non-hydrogen) atoms. The second kappa shape index (κ2) is 7.71. The van der Waals surface area contributed by atoms with Crippen LogP contribution in [0.2, 0.25) is 0 Å². The lowest BCUT2D eigenvalue weighted by Gasteiger charge is -2.65. The maximum Gasteiger partial charge on any atom is 0.129 e. The summed E-state index contributed by atoms with van der Waals surface area (Å²) in [6.07, 6.45) is 4.32. The highest BCUT2D eigenvalue weighted by molar-refractivity contribution is 7.80. The average Bonchev–Trinajstić information content (AvgIpc) is 3.49. The molecule has 0 aromatic heterocycles. The molecule has 174 valence electrons. The highest BCUT2D eigenvalue weighted by atomic mass is 32.1. The fraction of sp³-hybridized carbons (Fsp3) is 0.583. The van der Waals surface area contributed by atoms with Gasteiger partial charge >= 0.3 is 0 Å². The van der Waals surface area contributed by atoms with Crippen LogP contribution in [0, 0.1) is 5.92 Å². The van der Waals surface area contributed by atoms with Crippen molar-refractivity contribution in [2.45, 2.75) is 62.0 Å². The number of rotatable bonds is 3. The molecule has 0 amide bonds. The third-order valence-corrected chi connectivity index (χ3v) is 8.61. The van der Waals surface area contributed by atoms with Crippen LogP contribution in [-0.4, -0.2) is 57.6 Å². The Morgan fingerprint density at radius 1 is 1.34 bits per heavy atom. The second-order valence-electron chi connectivity index (χ2n) is 10.3. The topological polar surface area (TPSA) is 130 Å². The van der Waals surface area contributed by atoms with Gasteiger partial charge in [-0.25, -0.2) is 0 Å². The van der Waals surface area contributed by atoms with Gasteiger partial charge in [0.05, 0.1) is 25.7 Å². The Morgan fingerprint density at radius 3 is 2.59 bits per heavy atom. The molecule has 3 aliphatic carbocycles. The number of carbonyl (C=O) groups is 1. The largest absolute Gasteiger partial charge is 0.652 e. The van der Waals surface area contributed by atoms with E-state index >= 15 is 0 Å². The minimum Gasteiger partial charge on any atom is -0.652 e. The minimum atomic E-state index is -2.33. The molecule has 4 aliphatic rings. The summed E-state index contributed by atoms with van der Waals surface area (Å²) in [5.41, 5.74) is 8.35. The molecule has 1 unspecified atom stereocenters. The number of phenols is 1. The van der Waals surface area contributed by atoms with E-state index in [-0.39, 0.29) is 16.8 Å². The van der Waals surface area contributed by atoms with E-state index in [1.54, 1.807) is 0 Å². The summed E-state index contributed by atoms with van der Waals surface area (Å²) >= 11 is 5.19. The van der Waals surface area contributed by atoms with Gasteiger partial charge in [0.1, 0.15) is 22.4 Å². The van der Waals surface area contributed by atoms with Gasteiger partial charge in [-0.2, -0.15) is 0 Å². The van der Waals surface area contributed by atoms with Gasteiger partial charge in [-0.15, -0.1) is 0 Å². The molecule has 7 nitrogen and oxygen atoms in total. The molecule has 0 radical (unpaired) electrons. The summed E-state index contributed by atoms with van der Waals surface area (Å²) in [6, 6.07) is 4.11. The minimum absolute atomic E-state index is 0.164. The van der Waals surface area contributed by atoms with Gasteiger partial charge in [0, 0.05) is 29.7 Å². The summed E-state index contributed by atoms with van der Waals surface area (Å²) in [5.74, 6) is 1.00. The van der Waals surface area contributed by atoms with Crippen molar-refractivity contribution in [1.82, 2.24) is 0 Å². The van der Waals surface area contributed by atoms with E-state index < -0.39 is 17.2 Å². The van der Waals surface area contributed by atoms with Gasteiger partial charge in [0.2, 0.25) is 0 Å². The molecule has 0 spiro atoms. The fourth-order valence-corrected chi connectivity index (χ4v) is 7.02. The summed E-state index contributed by atoms with van der Waals surface area (Å²) < 4.78 is 0.951. The maximum absolute atomic E-state index is 12.3. The number of carboxylic acid groups (broad SMARTS) is 2. The molecule has 1 aliphatic heterocycles. The Bertz CT molecular complexity index is 989. The molecule has 2 bridgehead atoms. The molecule has 2 saturated carbocycles. The van der Waals surface area contributed by atoms with Crippen LogP contribution >= 0.6 is 12.2 Å². The highest BCUT2D eigenvalue weighted by Gasteiger charge is 2.69. The average molecular weight is 460 g/mol. The van der Waals surface area contributed by atoms with E-state index in [4.69, 9.17) is 33.0 Å². The first-order chi connectivity index (χ1) is 14.9. The van der Waals surface area contributed by atoms with E-state index in [2.05, 4.69) is 19.7 Å². The first-order valence-electron chi connectivity index (χ1n) is 11.2. The van der Waals surface area contributed by atoms with Crippen molar-refractivity contribution < 1.29 is 29.7 Å². The van der Waals surface area contributed by atoms with Crippen LogP contribution in [0.5, 0.6) is 5.75 Å². The number of likely N-dealkylation sites (N-methyl/N-ethyl adjacent to an activating group) is 1. The number of carbonyl (C=O) groups excluding carboxylic acids is 1. The number of aliphatic hydroxyl groups is 1. The lowest BCUT2D eigenvalue weighted by molar-refractivity contribution is -0.950. The molecule has 4 atom stereocenters. The molecule has 1 heterocycles. The molecular weight excluding hydrogens is 428 g/mol. The van der Waals surface area contributed by atoms with Crippen molar-refractivity contribution in [1.29, 1.82) is 0 Å². The van der Waals surface area contributed by atoms with Gasteiger partial charge < -0.3 is 35.4 Å². The number of thiocarbonyl (C=S) groups is 1. The molecule has 1 saturated heterocycles. The number of benzene rings is 1. The quantitative estimate of drug-likeness (QED) is 0.340. The number of phenolic OH excluding ortho intramolecular Hbond substituents is 1. The summed E-state index contributed by atoms with van der Waals surface area (Å²) in [4.78, 5) is 8.54. The molecule has 1 aromatic rings. The smallest absolute Gasteiger partial charge is 0.129 e. The molecule has 4 N–H and O–H groups in total. The summed E-state index contributed by atoms with van der Waals surface area (Å²) in [7, 11) is 2.35. The monoisotopic (exact) mass is 459 g/mol. The van der Waals surface area contributed by atoms with Crippen molar-refractivity contribution in [3.8, 4) is 5.75 Å². The number of piperidine rings is 1. The van der Waals surface area contributed by atoms with E-state index in [0.717, 1.165) is 66.7 Å². The Kier molecular flexibility index (Phi) is 5.55. The van der Waals surface area contributed by atoms with Crippen LogP contribution in [0.3, 0.4) is 0 Å². The van der Waals surface area contributed by atoms with Gasteiger partial charge in [-0.3, -0.25) is 0 Å². The molecule has 8 heteroatoms. The number of fused-ring (bicyclic) bond motifs is 1. The zero-order chi connectivity index (χ0) is 23.5. The van der Waals surface area contributed by atoms with Crippen LogP contribution in [0.15, 0.2) is 24.3 Å². The summed E-state index contributed by atoms with van der Waals surface area (Å²) in [6.45, 7) is 6.48. The number of quaternary nitrogens is 1. The predicted molar refractivity (Wildman–Crippen MR) is 120 cm³/mol. The fourth-order valence-electron chi connectivity index (χ4n) is 6.85. The zero-order valence-electron chi connectivity index (χ0n) is 18.4. The number of likely N-dealkylation sites (tertiary alicyclic amines) is 1. The number of hydrogen-bond donors (Lipinski definition) is 3. The van der Waals surface area contributed by atoms with Crippen molar-refractivity contribution in [2.75, 3.05) is 20.1 Å². The third-order valence-electron chi connectivity index (χ3n) is 8.39. The standard InChI is InChI=1S/C23H30N2O2S.CH2O3/c1-14-7-8-23(27)18-11-16-5-6-17(21(24)28)20(26)19(16)22(23,12-14)9-10-25(18,2)13-15-3-4-15;2-1(3)4/h5-6,15,18,27H,1,3-4,7-13H2,2H3,(H2-,24,26,28);(H2,2,3,4)/p-1/t18-,22-,23-,25?;/m1./s1. The lowest BCUT2D eigenvalue weighted by atomic mass is 9.48. The second-order valence-corrected chi connectivity index (χ2v) is 10.8. The van der Waals surface area contributed by atoms with Gasteiger partial charge in [-0.05, 0) is 49.9 Å². The first kappa shape index (κ1) is 23.0. The van der Waals surface area contributed by atoms with Crippen LogP contribution in [-0.2, 0) is 11.8 Å². The van der Waals surface area contributed by atoms with Crippen molar-refractivity contribution in [2.24, 2.45) is 11.7 Å².